The van der Waals surface area contributed by atoms with Gasteiger partial charge in [-0.15, -0.1) is 0 Å². The summed E-state index contributed by atoms with van der Waals surface area (Å²) in [4.78, 5) is 0. The number of ether oxygens (including phenoxy) is 1. The summed E-state index contributed by atoms with van der Waals surface area (Å²) < 4.78 is 5.91. The minimum absolute atomic E-state index is 0.139. The Kier molecular flexibility index (Phi) is 4.74. The van der Waals surface area contributed by atoms with Crippen LogP contribution in [0.5, 0.6) is 0 Å². The first kappa shape index (κ1) is 11.0. The second-order valence-corrected chi connectivity index (χ2v) is 4.07. The average molecular weight is 185 g/mol. The molecule has 1 aliphatic carbocycles. The molecule has 0 bridgehead atoms. The molecule has 0 aromatic rings. The van der Waals surface area contributed by atoms with E-state index in [-0.39, 0.29) is 5.60 Å². The van der Waals surface area contributed by atoms with Crippen molar-refractivity contribution in [1.29, 1.82) is 0 Å². The summed E-state index contributed by atoms with van der Waals surface area (Å²) in [5, 5.41) is 0. The Morgan fingerprint density at radius 3 is 2.23 bits per heavy atom. The van der Waals surface area contributed by atoms with Gasteiger partial charge in [0.15, 0.2) is 0 Å². The van der Waals surface area contributed by atoms with Gasteiger partial charge in [0.2, 0.25) is 0 Å². The molecule has 0 amide bonds. The molecule has 0 aromatic heterocycles. The van der Waals surface area contributed by atoms with Crippen LogP contribution in [0.15, 0.2) is 0 Å². The lowest BCUT2D eigenvalue weighted by Gasteiger charge is -2.32. The van der Waals surface area contributed by atoms with Crippen LogP contribution in [0.2, 0.25) is 0 Å². The maximum atomic E-state index is 5.91. The first-order valence-electron chi connectivity index (χ1n) is 5.67. The quantitative estimate of drug-likeness (QED) is 0.683. The average Bonchev–Trinajstić information content (AvgIpc) is 2.32. The minimum Gasteiger partial charge on any atom is -0.375 e. The molecule has 0 unspecified atom stereocenters. The monoisotopic (exact) mass is 185 g/mol. The second-order valence-electron chi connectivity index (χ2n) is 4.07. The van der Waals surface area contributed by atoms with Crippen LogP contribution >= 0.6 is 0 Å². The van der Waals surface area contributed by atoms with Crippen LogP contribution in [0.4, 0.5) is 0 Å². The molecule has 0 aliphatic heterocycles. The van der Waals surface area contributed by atoms with E-state index in [1.165, 1.54) is 38.5 Å². The predicted octanol–water partition coefficient (Wildman–Crippen LogP) is 2.46. The molecule has 0 atom stereocenters. The number of hydrogen-bond acceptors (Lipinski definition) is 2. The van der Waals surface area contributed by atoms with Crippen LogP contribution in [0, 0.1) is 0 Å². The molecule has 0 radical (unpaired) electrons. The predicted molar refractivity (Wildman–Crippen MR) is 55.7 cm³/mol. The van der Waals surface area contributed by atoms with E-state index in [1.807, 2.05) is 0 Å². The van der Waals surface area contributed by atoms with Crippen molar-refractivity contribution in [2.75, 3.05) is 13.2 Å². The van der Waals surface area contributed by atoms with Gasteiger partial charge in [-0.1, -0.05) is 25.7 Å². The molecule has 1 saturated carbocycles. The smallest absolute Gasteiger partial charge is 0.0694 e. The summed E-state index contributed by atoms with van der Waals surface area (Å²) in [7, 11) is 0. The van der Waals surface area contributed by atoms with Crippen LogP contribution in [-0.4, -0.2) is 18.8 Å². The molecule has 2 nitrogen and oxygen atoms in total. The van der Waals surface area contributed by atoms with Gasteiger partial charge >= 0.3 is 0 Å². The normalized spacial score (nSPS) is 22.6. The van der Waals surface area contributed by atoms with Crippen LogP contribution in [-0.2, 0) is 4.74 Å². The maximum Gasteiger partial charge on any atom is 0.0694 e. The SMILES string of the molecule is CCOC1(CCN)CCCCCC1. The van der Waals surface area contributed by atoms with Crippen LogP contribution in [0.25, 0.3) is 0 Å². The van der Waals surface area contributed by atoms with Gasteiger partial charge in [-0.3, -0.25) is 0 Å². The molecule has 0 saturated heterocycles. The van der Waals surface area contributed by atoms with Gasteiger partial charge < -0.3 is 10.5 Å². The summed E-state index contributed by atoms with van der Waals surface area (Å²) in [6, 6.07) is 0. The molecule has 13 heavy (non-hydrogen) atoms. The number of nitrogens with two attached hydrogens (primary N) is 1. The van der Waals surface area contributed by atoms with Gasteiger partial charge in [0.05, 0.1) is 5.60 Å². The topological polar surface area (TPSA) is 35.2 Å². The number of hydrogen-bond donors (Lipinski definition) is 1. The Morgan fingerprint density at radius 2 is 1.77 bits per heavy atom. The fraction of sp³-hybridized carbons (Fsp3) is 1.00. The highest BCUT2D eigenvalue weighted by molar-refractivity contribution is 4.83. The summed E-state index contributed by atoms with van der Waals surface area (Å²) in [6.45, 7) is 3.68. The van der Waals surface area contributed by atoms with Crippen molar-refractivity contribution in [1.82, 2.24) is 0 Å². The van der Waals surface area contributed by atoms with Gasteiger partial charge in [-0.2, -0.15) is 0 Å². The van der Waals surface area contributed by atoms with Gasteiger partial charge in [0.25, 0.3) is 0 Å². The van der Waals surface area contributed by atoms with Crippen molar-refractivity contribution in [2.24, 2.45) is 5.73 Å². The van der Waals surface area contributed by atoms with Crippen LogP contribution in [0.1, 0.15) is 51.9 Å². The van der Waals surface area contributed by atoms with E-state index >= 15 is 0 Å². The van der Waals surface area contributed by atoms with Gasteiger partial charge in [-0.25, -0.2) is 0 Å². The minimum atomic E-state index is 0.139. The summed E-state index contributed by atoms with van der Waals surface area (Å²) >= 11 is 0. The molecule has 78 valence electrons. The Hall–Kier alpha value is -0.0800. The Balaban J connectivity index is 2.50. The van der Waals surface area contributed by atoms with E-state index in [2.05, 4.69) is 6.92 Å². The maximum absolute atomic E-state index is 5.91. The van der Waals surface area contributed by atoms with Crippen molar-refractivity contribution >= 4 is 0 Å². The van der Waals surface area contributed by atoms with E-state index in [0.29, 0.717) is 0 Å². The van der Waals surface area contributed by atoms with Crippen molar-refractivity contribution in [3.63, 3.8) is 0 Å². The van der Waals surface area contributed by atoms with Crippen LogP contribution < -0.4 is 5.73 Å². The highest BCUT2D eigenvalue weighted by atomic mass is 16.5. The summed E-state index contributed by atoms with van der Waals surface area (Å²) in [5.74, 6) is 0. The molecule has 1 rings (SSSR count). The third-order valence-corrected chi connectivity index (χ3v) is 3.07. The fourth-order valence-corrected chi connectivity index (χ4v) is 2.41. The highest BCUT2D eigenvalue weighted by Crippen LogP contribution is 2.32. The first-order valence-corrected chi connectivity index (χ1v) is 5.67. The number of rotatable bonds is 4. The zero-order valence-electron chi connectivity index (χ0n) is 8.85. The zero-order valence-corrected chi connectivity index (χ0v) is 8.85. The first-order chi connectivity index (χ1) is 6.33. The van der Waals surface area contributed by atoms with E-state index in [9.17, 15) is 0 Å². The third-order valence-electron chi connectivity index (χ3n) is 3.07. The van der Waals surface area contributed by atoms with E-state index in [1.54, 1.807) is 0 Å². The molecular formula is C11H23NO. The van der Waals surface area contributed by atoms with E-state index in [4.69, 9.17) is 10.5 Å². The van der Waals surface area contributed by atoms with Gasteiger partial charge in [0, 0.05) is 6.61 Å². The van der Waals surface area contributed by atoms with Gasteiger partial charge in [0.1, 0.15) is 0 Å². The fourth-order valence-electron chi connectivity index (χ4n) is 2.41. The van der Waals surface area contributed by atoms with Crippen molar-refractivity contribution in [3.8, 4) is 0 Å². The largest absolute Gasteiger partial charge is 0.375 e. The summed E-state index contributed by atoms with van der Waals surface area (Å²) in [5.41, 5.74) is 5.78. The van der Waals surface area contributed by atoms with Crippen molar-refractivity contribution in [3.05, 3.63) is 0 Å². The molecule has 2 heteroatoms. The molecular weight excluding hydrogens is 162 g/mol. The Morgan fingerprint density at radius 1 is 1.15 bits per heavy atom. The molecule has 2 N–H and O–H groups in total. The molecule has 0 aromatic carbocycles. The van der Waals surface area contributed by atoms with Crippen LogP contribution in [0.3, 0.4) is 0 Å². The molecule has 1 aliphatic rings. The standard InChI is InChI=1S/C11H23NO/c1-2-13-11(9-10-12)7-5-3-4-6-8-11/h2-10,12H2,1H3. The van der Waals surface area contributed by atoms with E-state index in [0.717, 1.165) is 19.6 Å². The van der Waals surface area contributed by atoms with E-state index < -0.39 is 0 Å². The molecule has 1 fully saturated rings. The lowest BCUT2D eigenvalue weighted by Crippen LogP contribution is -2.34. The third kappa shape index (κ3) is 3.28. The lowest BCUT2D eigenvalue weighted by atomic mass is 9.90. The van der Waals surface area contributed by atoms with Crippen molar-refractivity contribution in [2.45, 2.75) is 57.5 Å². The Labute approximate surface area is 81.8 Å². The van der Waals surface area contributed by atoms with Crippen molar-refractivity contribution < 1.29 is 4.74 Å². The Bertz CT molecular complexity index is 120. The highest BCUT2D eigenvalue weighted by Gasteiger charge is 2.30. The second kappa shape index (κ2) is 5.61. The molecule has 0 spiro atoms. The summed E-state index contributed by atoms with van der Waals surface area (Å²) in [6.07, 6.45) is 8.87. The zero-order chi connectivity index (χ0) is 9.57. The van der Waals surface area contributed by atoms with Gasteiger partial charge in [-0.05, 0) is 32.7 Å². The lowest BCUT2D eigenvalue weighted by molar-refractivity contribution is -0.0544. The molecule has 0 heterocycles.